The number of rotatable bonds is 0. The van der Waals surface area contributed by atoms with Gasteiger partial charge in [0.15, 0.2) is 0 Å². The van der Waals surface area contributed by atoms with Gasteiger partial charge in [-0.1, -0.05) is 30.4 Å². The van der Waals surface area contributed by atoms with E-state index < -0.39 is 5.54 Å². The van der Waals surface area contributed by atoms with Crippen molar-refractivity contribution in [3.05, 3.63) is 29.8 Å². The van der Waals surface area contributed by atoms with Gasteiger partial charge in [0.05, 0.1) is 10.5 Å². The number of benzene rings is 1. The lowest BCUT2D eigenvalue weighted by Crippen LogP contribution is -2.51. The summed E-state index contributed by atoms with van der Waals surface area (Å²) in [5.74, 6) is 0. The van der Waals surface area contributed by atoms with Gasteiger partial charge in [-0.3, -0.25) is 0 Å². The van der Waals surface area contributed by atoms with Crippen LogP contribution >= 0.6 is 12.2 Å². The number of nitrogens with one attached hydrogen (secondary N) is 1. The van der Waals surface area contributed by atoms with E-state index in [0.717, 1.165) is 17.1 Å². The van der Waals surface area contributed by atoms with E-state index in [0.29, 0.717) is 0 Å². The molecule has 0 amide bonds. The quantitative estimate of drug-likeness (QED) is 0.614. The molecule has 13 heavy (non-hydrogen) atoms. The monoisotopic (exact) mass is 192 g/mol. The maximum Gasteiger partial charge on any atom is 0.1000 e. The minimum absolute atomic E-state index is 0.399. The van der Waals surface area contributed by atoms with E-state index >= 15 is 0 Å². The zero-order chi connectivity index (χ0) is 9.47. The molecule has 0 radical (unpaired) electrons. The third kappa shape index (κ3) is 1.45. The molecule has 2 rings (SSSR count). The Hall–Kier alpha value is -0.930. The zero-order valence-electron chi connectivity index (χ0n) is 7.50. The molecule has 1 atom stereocenters. The third-order valence-electron chi connectivity index (χ3n) is 2.34. The van der Waals surface area contributed by atoms with Crippen LogP contribution in [0.3, 0.4) is 0 Å². The zero-order valence-corrected chi connectivity index (χ0v) is 8.32. The maximum absolute atomic E-state index is 6.03. The van der Waals surface area contributed by atoms with Gasteiger partial charge in [0.1, 0.15) is 0 Å². The minimum atomic E-state index is -0.399. The van der Waals surface area contributed by atoms with Crippen LogP contribution in [-0.2, 0) is 6.42 Å². The summed E-state index contributed by atoms with van der Waals surface area (Å²) in [5.41, 5.74) is 7.96. The SMILES string of the molecule is CC1(N)Cc2ccccc2NC1=S. The first-order valence-electron chi connectivity index (χ1n) is 4.28. The molecule has 0 aromatic heterocycles. The fraction of sp³-hybridized carbons (Fsp3) is 0.300. The molecule has 68 valence electrons. The predicted molar refractivity (Wildman–Crippen MR) is 59.0 cm³/mol. The third-order valence-corrected chi connectivity index (χ3v) is 2.91. The van der Waals surface area contributed by atoms with Crippen molar-refractivity contribution >= 4 is 22.9 Å². The van der Waals surface area contributed by atoms with Crippen LogP contribution in [0.25, 0.3) is 0 Å². The lowest BCUT2D eigenvalue weighted by atomic mass is 9.89. The Labute approximate surface area is 83.1 Å². The molecule has 0 saturated carbocycles. The van der Waals surface area contributed by atoms with Crippen LogP contribution in [0.2, 0.25) is 0 Å². The Balaban J connectivity index is 2.44. The van der Waals surface area contributed by atoms with Gasteiger partial charge in [-0.05, 0) is 25.0 Å². The fourth-order valence-electron chi connectivity index (χ4n) is 1.54. The molecule has 1 unspecified atom stereocenters. The molecule has 1 aliphatic rings. The summed E-state index contributed by atoms with van der Waals surface area (Å²) < 4.78 is 0. The second kappa shape index (κ2) is 2.79. The number of hydrogen-bond acceptors (Lipinski definition) is 2. The molecule has 0 fully saturated rings. The van der Waals surface area contributed by atoms with E-state index in [9.17, 15) is 0 Å². The van der Waals surface area contributed by atoms with Gasteiger partial charge in [-0.25, -0.2) is 0 Å². The second-order valence-corrected chi connectivity index (χ2v) is 4.11. The Morgan fingerprint density at radius 1 is 1.46 bits per heavy atom. The van der Waals surface area contributed by atoms with Crippen molar-refractivity contribution in [2.45, 2.75) is 18.9 Å². The summed E-state index contributed by atoms with van der Waals surface area (Å²) >= 11 is 5.18. The molecule has 0 saturated heterocycles. The normalized spacial score (nSPS) is 26.5. The molecular weight excluding hydrogens is 180 g/mol. The van der Waals surface area contributed by atoms with Gasteiger partial charge in [0.25, 0.3) is 0 Å². The molecule has 1 aliphatic heterocycles. The van der Waals surface area contributed by atoms with Gasteiger partial charge in [-0.15, -0.1) is 0 Å². The molecular formula is C10H12N2S. The molecule has 0 bridgehead atoms. The fourth-order valence-corrected chi connectivity index (χ4v) is 1.72. The van der Waals surface area contributed by atoms with Crippen LogP contribution < -0.4 is 11.1 Å². The van der Waals surface area contributed by atoms with Crippen molar-refractivity contribution in [3.8, 4) is 0 Å². The summed E-state index contributed by atoms with van der Waals surface area (Å²) in [6.45, 7) is 1.96. The van der Waals surface area contributed by atoms with Crippen LogP contribution in [0.15, 0.2) is 24.3 Å². The Bertz CT molecular complexity index is 358. The topological polar surface area (TPSA) is 38.0 Å². The molecule has 1 aromatic rings. The lowest BCUT2D eigenvalue weighted by molar-refractivity contribution is 0.621. The van der Waals surface area contributed by atoms with E-state index in [1.165, 1.54) is 5.56 Å². The molecule has 2 nitrogen and oxygen atoms in total. The highest BCUT2D eigenvalue weighted by Crippen LogP contribution is 2.26. The molecule has 1 heterocycles. The first-order valence-corrected chi connectivity index (χ1v) is 4.69. The minimum Gasteiger partial charge on any atom is -0.348 e. The van der Waals surface area contributed by atoms with E-state index in [4.69, 9.17) is 18.0 Å². The standard InChI is InChI=1S/C10H12N2S/c1-10(11)6-7-4-2-3-5-8(7)12-9(10)13/h2-5H,6,11H2,1H3,(H,12,13). The van der Waals surface area contributed by atoms with E-state index in [-0.39, 0.29) is 0 Å². The van der Waals surface area contributed by atoms with Gasteiger partial charge in [0.2, 0.25) is 0 Å². The highest BCUT2D eigenvalue weighted by Gasteiger charge is 2.30. The maximum atomic E-state index is 6.03. The molecule has 3 heteroatoms. The first-order chi connectivity index (χ1) is 6.09. The number of hydrogen-bond donors (Lipinski definition) is 2. The van der Waals surface area contributed by atoms with E-state index in [2.05, 4.69) is 11.4 Å². The van der Waals surface area contributed by atoms with Crippen LogP contribution in [-0.4, -0.2) is 10.5 Å². The van der Waals surface area contributed by atoms with E-state index in [1.54, 1.807) is 0 Å². The second-order valence-electron chi connectivity index (χ2n) is 3.71. The highest BCUT2D eigenvalue weighted by molar-refractivity contribution is 7.80. The summed E-state index contributed by atoms with van der Waals surface area (Å²) in [6.07, 6.45) is 0.814. The van der Waals surface area contributed by atoms with E-state index in [1.807, 2.05) is 25.1 Å². The number of para-hydroxylation sites is 1. The Morgan fingerprint density at radius 3 is 2.92 bits per heavy atom. The molecule has 0 spiro atoms. The molecule has 1 aromatic carbocycles. The molecule has 0 aliphatic carbocycles. The van der Waals surface area contributed by atoms with Gasteiger partial charge in [-0.2, -0.15) is 0 Å². The first kappa shape index (κ1) is 8.66. The van der Waals surface area contributed by atoms with Crippen LogP contribution in [0.1, 0.15) is 12.5 Å². The van der Waals surface area contributed by atoms with Gasteiger partial charge in [0, 0.05) is 5.69 Å². The van der Waals surface area contributed by atoms with Crippen LogP contribution in [0.5, 0.6) is 0 Å². The average molecular weight is 192 g/mol. The van der Waals surface area contributed by atoms with Crippen molar-refractivity contribution < 1.29 is 0 Å². The van der Waals surface area contributed by atoms with Crippen molar-refractivity contribution in [3.63, 3.8) is 0 Å². The number of nitrogens with two attached hydrogens (primary N) is 1. The van der Waals surface area contributed by atoms with Crippen molar-refractivity contribution in [2.75, 3.05) is 5.32 Å². The van der Waals surface area contributed by atoms with Crippen LogP contribution in [0, 0.1) is 0 Å². The van der Waals surface area contributed by atoms with Crippen molar-refractivity contribution in [1.82, 2.24) is 0 Å². The van der Waals surface area contributed by atoms with Crippen LogP contribution in [0.4, 0.5) is 5.69 Å². The predicted octanol–water partition coefficient (Wildman–Crippen LogP) is 1.70. The highest BCUT2D eigenvalue weighted by atomic mass is 32.1. The number of fused-ring (bicyclic) bond motifs is 1. The summed E-state index contributed by atoms with van der Waals surface area (Å²) in [6, 6.07) is 8.12. The smallest absolute Gasteiger partial charge is 0.1000 e. The number of thiocarbonyl (C=S) groups is 1. The largest absolute Gasteiger partial charge is 0.348 e. The van der Waals surface area contributed by atoms with Gasteiger partial charge >= 0.3 is 0 Å². The molecule has 3 N–H and O–H groups in total. The van der Waals surface area contributed by atoms with Crippen molar-refractivity contribution in [1.29, 1.82) is 0 Å². The average Bonchev–Trinajstić information content (AvgIpc) is 2.06. The van der Waals surface area contributed by atoms with Gasteiger partial charge < -0.3 is 11.1 Å². The Morgan fingerprint density at radius 2 is 2.15 bits per heavy atom. The Kier molecular flexibility index (Phi) is 1.86. The number of anilines is 1. The summed E-state index contributed by atoms with van der Waals surface area (Å²) in [4.78, 5) is 0.728. The van der Waals surface area contributed by atoms with Crippen molar-refractivity contribution in [2.24, 2.45) is 5.73 Å². The summed E-state index contributed by atoms with van der Waals surface area (Å²) in [5, 5.41) is 3.16. The summed E-state index contributed by atoms with van der Waals surface area (Å²) in [7, 11) is 0. The lowest BCUT2D eigenvalue weighted by Gasteiger charge is -2.32.